The molecule has 118 valence electrons. The van der Waals surface area contributed by atoms with Crippen LogP contribution in [0.1, 0.15) is 15.9 Å². The van der Waals surface area contributed by atoms with E-state index in [4.69, 9.17) is 0 Å². The van der Waals surface area contributed by atoms with Gasteiger partial charge in [-0.15, -0.1) is 0 Å². The molecule has 7 heteroatoms. The van der Waals surface area contributed by atoms with Gasteiger partial charge >= 0.3 is 0 Å². The number of hydrazone groups is 1. The maximum Gasteiger partial charge on any atom is 0.259 e. The van der Waals surface area contributed by atoms with Gasteiger partial charge in [0.2, 0.25) is 0 Å². The topological polar surface area (TPSA) is 70.6 Å². The normalized spacial score (nSPS) is 10.5. The van der Waals surface area contributed by atoms with Gasteiger partial charge in [-0.25, -0.2) is 9.82 Å². The predicted molar refractivity (Wildman–Crippen MR) is 88.6 cm³/mol. The largest absolute Gasteiger partial charge is 0.343 e. The Morgan fingerprint density at radius 3 is 2.61 bits per heavy atom. The Bertz CT molecular complexity index is 732. The average Bonchev–Trinajstić information content (AvgIpc) is 2.53. The van der Waals surface area contributed by atoms with E-state index in [-0.39, 0.29) is 12.1 Å². The third-order valence-corrected chi connectivity index (χ3v) is 3.26. The first-order valence-corrected chi connectivity index (χ1v) is 7.45. The molecule has 2 rings (SSSR count). The summed E-state index contributed by atoms with van der Waals surface area (Å²) in [5.41, 5.74) is 3.40. The number of nitrogens with zero attached hydrogens (tertiary/aromatic N) is 1. The molecule has 0 fully saturated rings. The molecule has 0 saturated heterocycles. The monoisotopic (exact) mass is 377 g/mol. The minimum atomic E-state index is -0.466. The highest BCUT2D eigenvalue weighted by molar-refractivity contribution is 9.10. The molecule has 2 aromatic carbocycles. The van der Waals surface area contributed by atoms with Crippen molar-refractivity contribution in [1.82, 2.24) is 10.7 Å². The molecule has 0 bridgehead atoms. The second-order valence-electron chi connectivity index (χ2n) is 4.54. The molecule has 2 N–H and O–H groups in total. The summed E-state index contributed by atoms with van der Waals surface area (Å²) in [5, 5.41) is 6.22. The Kier molecular flexibility index (Phi) is 5.99. The van der Waals surface area contributed by atoms with Crippen molar-refractivity contribution < 1.29 is 14.0 Å². The van der Waals surface area contributed by atoms with Gasteiger partial charge in [-0.1, -0.05) is 28.1 Å². The van der Waals surface area contributed by atoms with Crippen molar-refractivity contribution >= 4 is 34.0 Å². The van der Waals surface area contributed by atoms with Crippen LogP contribution in [0.15, 0.2) is 58.1 Å². The second-order valence-corrected chi connectivity index (χ2v) is 5.45. The van der Waals surface area contributed by atoms with Crippen LogP contribution in [0.5, 0.6) is 0 Å². The number of hydrogen-bond acceptors (Lipinski definition) is 3. The first kappa shape index (κ1) is 16.8. The van der Waals surface area contributed by atoms with E-state index in [2.05, 4.69) is 31.8 Å². The minimum absolute atomic E-state index is 0.230. The lowest BCUT2D eigenvalue weighted by molar-refractivity contribution is -0.120. The number of hydrogen-bond donors (Lipinski definition) is 2. The van der Waals surface area contributed by atoms with Gasteiger partial charge in [0.15, 0.2) is 0 Å². The van der Waals surface area contributed by atoms with Crippen molar-refractivity contribution in [1.29, 1.82) is 0 Å². The molecule has 0 radical (unpaired) electrons. The summed E-state index contributed by atoms with van der Waals surface area (Å²) in [6.45, 7) is -0.230. The number of halogens is 2. The summed E-state index contributed by atoms with van der Waals surface area (Å²) in [6.07, 6.45) is 1.49. The van der Waals surface area contributed by atoms with Crippen LogP contribution in [0.25, 0.3) is 0 Å². The fourth-order valence-corrected chi connectivity index (χ4v) is 2.09. The lowest BCUT2D eigenvalue weighted by Gasteiger charge is -2.04. The quantitative estimate of drug-likeness (QED) is 0.620. The van der Waals surface area contributed by atoms with Crippen LogP contribution in [-0.4, -0.2) is 24.6 Å². The molecule has 0 saturated carbocycles. The molecule has 0 unspecified atom stereocenters. The molecule has 2 amide bonds. The van der Waals surface area contributed by atoms with Gasteiger partial charge in [0.25, 0.3) is 11.8 Å². The second kappa shape index (κ2) is 8.19. The van der Waals surface area contributed by atoms with Crippen molar-refractivity contribution in [3.8, 4) is 0 Å². The van der Waals surface area contributed by atoms with E-state index in [1.54, 1.807) is 0 Å². The molecule has 0 aromatic heterocycles. The number of benzene rings is 2. The Morgan fingerprint density at radius 2 is 1.91 bits per heavy atom. The molecular weight excluding hydrogens is 365 g/mol. The molecule has 0 heterocycles. The van der Waals surface area contributed by atoms with Crippen LogP contribution in [0.4, 0.5) is 4.39 Å². The van der Waals surface area contributed by atoms with Crippen molar-refractivity contribution in [2.75, 3.05) is 6.54 Å². The molecule has 0 aliphatic carbocycles. The van der Waals surface area contributed by atoms with Gasteiger partial charge in [0, 0.05) is 10.0 Å². The molecule has 5 nitrogen and oxygen atoms in total. The predicted octanol–water partition coefficient (Wildman–Crippen LogP) is 2.47. The zero-order valence-corrected chi connectivity index (χ0v) is 13.5. The number of amides is 2. The van der Waals surface area contributed by atoms with E-state index >= 15 is 0 Å². The van der Waals surface area contributed by atoms with Gasteiger partial charge in [-0.05, 0) is 42.0 Å². The first-order chi connectivity index (χ1) is 11.0. The summed E-state index contributed by atoms with van der Waals surface area (Å²) < 4.78 is 13.7. The smallest absolute Gasteiger partial charge is 0.259 e. The fourth-order valence-electron chi connectivity index (χ4n) is 1.67. The van der Waals surface area contributed by atoms with Gasteiger partial charge in [0.1, 0.15) is 5.82 Å². The van der Waals surface area contributed by atoms with E-state index in [1.807, 2.05) is 24.3 Å². The van der Waals surface area contributed by atoms with Gasteiger partial charge in [-0.2, -0.15) is 5.10 Å². The first-order valence-electron chi connectivity index (χ1n) is 6.66. The summed E-state index contributed by atoms with van der Waals surface area (Å²) in [4.78, 5) is 23.3. The average molecular weight is 378 g/mol. The van der Waals surface area contributed by atoms with Crippen LogP contribution in [-0.2, 0) is 4.79 Å². The van der Waals surface area contributed by atoms with Crippen molar-refractivity contribution in [2.45, 2.75) is 0 Å². The maximum atomic E-state index is 12.8. The van der Waals surface area contributed by atoms with E-state index in [1.165, 1.54) is 30.5 Å². The zero-order valence-electron chi connectivity index (χ0n) is 11.9. The molecule has 23 heavy (non-hydrogen) atoms. The highest BCUT2D eigenvalue weighted by Crippen LogP contribution is 2.09. The minimum Gasteiger partial charge on any atom is -0.343 e. The molecule has 0 spiro atoms. The molecule has 2 aromatic rings. The number of carbonyl (C=O) groups is 2. The van der Waals surface area contributed by atoms with E-state index in [0.29, 0.717) is 0 Å². The SMILES string of the molecule is O=C(CNC(=O)c1ccc(F)cc1)NN=Cc1cccc(Br)c1. The molecular formula is C16H13BrFN3O2. The third-order valence-electron chi connectivity index (χ3n) is 2.77. The summed E-state index contributed by atoms with van der Waals surface area (Å²) in [5.74, 6) is -1.36. The number of nitrogens with one attached hydrogen (secondary N) is 2. The summed E-state index contributed by atoms with van der Waals surface area (Å²) in [7, 11) is 0. The molecule has 0 aliphatic rings. The van der Waals surface area contributed by atoms with Crippen LogP contribution in [0.3, 0.4) is 0 Å². The maximum absolute atomic E-state index is 12.8. The molecule has 0 atom stereocenters. The third kappa shape index (κ3) is 5.63. The van der Waals surface area contributed by atoms with Crippen LogP contribution >= 0.6 is 15.9 Å². The highest BCUT2D eigenvalue weighted by atomic mass is 79.9. The fraction of sp³-hybridized carbons (Fsp3) is 0.0625. The highest BCUT2D eigenvalue weighted by Gasteiger charge is 2.07. The lowest BCUT2D eigenvalue weighted by Crippen LogP contribution is -2.34. The Hall–Kier alpha value is -2.54. The zero-order chi connectivity index (χ0) is 16.7. The number of carbonyl (C=O) groups excluding carboxylic acids is 2. The van der Waals surface area contributed by atoms with Crippen LogP contribution in [0, 0.1) is 5.82 Å². The van der Waals surface area contributed by atoms with Gasteiger partial charge < -0.3 is 5.32 Å². The standard InChI is InChI=1S/C16H13BrFN3O2/c17-13-3-1-2-11(8-13)9-20-21-15(22)10-19-16(23)12-4-6-14(18)7-5-12/h1-9H,10H2,(H,19,23)(H,21,22). The Balaban J connectivity index is 1.78. The van der Waals surface area contributed by atoms with Crippen molar-refractivity contribution in [2.24, 2.45) is 5.10 Å². The van der Waals surface area contributed by atoms with E-state index < -0.39 is 17.6 Å². The van der Waals surface area contributed by atoms with Crippen molar-refractivity contribution in [3.05, 3.63) is 69.9 Å². The van der Waals surface area contributed by atoms with Crippen LogP contribution in [0.2, 0.25) is 0 Å². The summed E-state index contributed by atoms with van der Waals surface area (Å²) >= 11 is 3.33. The molecule has 0 aliphatic heterocycles. The van der Waals surface area contributed by atoms with E-state index in [0.717, 1.165) is 10.0 Å². The van der Waals surface area contributed by atoms with Crippen molar-refractivity contribution in [3.63, 3.8) is 0 Å². The van der Waals surface area contributed by atoms with E-state index in [9.17, 15) is 14.0 Å². The lowest BCUT2D eigenvalue weighted by atomic mass is 10.2. The van der Waals surface area contributed by atoms with Crippen LogP contribution < -0.4 is 10.7 Å². The Labute approximate surface area is 140 Å². The Morgan fingerprint density at radius 1 is 1.17 bits per heavy atom. The van der Waals surface area contributed by atoms with Gasteiger partial charge in [-0.3, -0.25) is 9.59 Å². The van der Waals surface area contributed by atoms with Gasteiger partial charge in [0.05, 0.1) is 12.8 Å². The number of rotatable bonds is 5. The summed E-state index contributed by atoms with van der Waals surface area (Å²) in [6, 6.07) is 12.4.